The third-order valence-corrected chi connectivity index (χ3v) is 8.52. The van der Waals surface area contributed by atoms with E-state index in [0.29, 0.717) is 23.9 Å². The highest BCUT2D eigenvalue weighted by Gasteiger charge is 2.21. The molecule has 50 heavy (non-hydrogen) atoms. The standard InChI is InChI=1S/C40H70NO8P/c1-6-8-10-12-14-16-17-18-19-20-21-22-23-25-26-28-30-32-39(42)46-36-38(37-48-50(44,45)47-35-34-41(3,4)5)49-40(43)33-31-29-27-24-15-13-11-9-7-2/h8,10,14,16,18-19,21-22,25-26,38H,6-7,9,11-13,15,17,20,23-24,27-37H2,1-5H3/b10-8+,16-14+,19-18+,22-21+,26-25+/t38-/m0/s1. The van der Waals surface area contributed by atoms with Crippen molar-refractivity contribution in [3.63, 3.8) is 0 Å². The molecule has 9 nitrogen and oxygen atoms in total. The van der Waals surface area contributed by atoms with Gasteiger partial charge < -0.3 is 27.9 Å². The number of carbonyl (C=O) groups excluding carboxylic acids is 2. The zero-order valence-electron chi connectivity index (χ0n) is 32.1. The maximum atomic E-state index is 12.5. The maximum Gasteiger partial charge on any atom is 0.306 e. The van der Waals surface area contributed by atoms with E-state index in [1.54, 1.807) is 0 Å². The second-order valence-corrected chi connectivity index (χ2v) is 15.0. The topological polar surface area (TPSA) is 111 Å². The SMILES string of the molecule is CC/C=C/C/C=C/C/C=C/C/C=C/C/C=C/CCCC(=O)OC[C@@H](COP(=O)([O-])OCC[N+](C)(C)C)OC(=O)CCCCCCCCCCC. The fourth-order valence-electron chi connectivity index (χ4n) is 4.57. The summed E-state index contributed by atoms with van der Waals surface area (Å²) in [5.74, 6) is -0.912. The summed E-state index contributed by atoms with van der Waals surface area (Å²) < 4.78 is 33.6. The fraction of sp³-hybridized carbons (Fsp3) is 0.700. The second kappa shape index (κ2) is 32.6. The minimum absolute atomic E-state index is 0.0415. The van der Waals surface area contributed by atoms with Crippen LogP contribution in [-0.2, 0) is 32.7 Å². The number of carbonyl (C=O) groups is 2. The highest BCUT2D eigenvalue weighted by molar-refractivity contribution is 7.45. The van der Waals surface area contributed by atoms with Crippen molar-refractivity contribution in [3.05, 3.63) is 60.8 Å². The Morgan fingerprint density at radius 2 is 1.14 bits per heavy atom. The Balaban J connectivity index is 4.51. The Morgan fingerprint density at radius 3 is 1.68 bits per heavy atom. The van der Waals surface area contributed by atoms with Gasteiger partial charge in [-0.1, -0.05) is 126 Å². The predicted molar refractivity (Wildman–Crippen MR) is 203 cm³/mol. The van der Waals surface area contributed by atoms with E-state index in [1.807, 2.05) is 27.2 Å². The monoisotopic (exact) mass is 723 g/mol. The highest BCUT2D eigenvalue weighted by Crippen LogP contribution is 2.38. The number of hydrogen-bond acceptors (Lipinski definition) is 8. The number of esters is 2. The first-order valence-electron chi connectivity index (χ1n) is 19.0. The molecule has 0 saturated heterocycles. The summed E-state index contributed by atoms with van der Waals surface area (Å²) in [5, 5.41) is 0. The third kappa shape index (κ3) is 35.5. The number of hydrogen-bond donors (Lipinski definition) is 0. The average Bonchev–Trinajstić information content (AvgIpc) is 3.06. The van der Waals surface area contributed by atoms with E-state index in [9.17, 15) is 19.0 Å². The average molecular weight is 724 g/mol. The van der Waals surface area contributed by atoms with E-state index in [1.165, 1.54) is 32.1 Å². The summed E-state index contributed by atoms with van der Waals surface area (Å²) in [4.78, 5) is 37.2. The van der Waals surface area contributed by atoms with Crippen LogP contribution in [0.15, 0.2) is 60.8 Å². The van der Waals surface area contributed by atoms with Gasteiger partial charge in [-0.25, -0.2) is 0 Å². The van der Waals surface area contributed by atoms with Crippen LogP contribution in [0.1, 0.15) is 129 Å². The van der Waals surface area contributed by atoms with Crippen molar-refractivity contribution in [1.29, 1.82) is 0 Å². The largest absolute Gasteiger partial charge is 0.756 e. The molecular formula is C40H70NO8P. The molecule has 0 aliphatic heterocycles. The Bertz CT molecular complexity index is 1040. The molecule has 0 aliphatic rings. The molecule has 0 aliphatic carbocycles. The van der Waals surface area contributed by atoms with Crippen LogP contribution in [0, 0.1) is 0 Å². The first-order valence-corrected chi connectivity index (χ1v) is 20.5. The van der Waals surface area contributed by atoms with Crippen molar-refractivity contribution in [2.45, 2.75) is 136 Å². The van der Waals surface area contributed by atoms with Crippen molar-refractivity contribution in [1.82, 2.24) is 0 Å². The number of quaternary nitrogens is 1. The normalized spacial score (nSPS) is 14.4. The molecule has 0 N–H and O–H groups in total. The molecule has 0 bridgehead atoms. The molecule has 1 unspecified atom stereocenters. The van der Waals surface area contributed by atoms with Crippen LogP contribution in [0.25, 0.3) is 0 Å². The Kier molecular flexibility index (Phi) is 31.1. The minimum Gasteiger partial charge on any atom is -0.756 e. The summed E-state index contributed by atoms with van der Waals surface area (Å²) >= 11 is 0. The van der Waals surface area contributed by atoms with Crippen LogP contribution in [0.5, 0.6) is 0 Å². The van der Waals surface area contributed by atoms with Crippen LogP contribution in [0.2, 0.25) is 0 Å². The minimum atomic E-state index is -4.63. The van der Waals surface area contributed by atoms with E-state index in [-0.39, 0.29) is 26.1 Å². The Hall–Kier alpha value is -2.29. The van der Waals surface area contributed by atoms with Gasteiger partial charge in [-0.3, -0.25) is 14.2 Å². The van der Waals surface area contributed by atoms with Gasteiger partial charge in [0.05, 0.1) is 27.7 Å². The van der Waals surface area contributed by atoms with Crippen LogP contribution in [0.3, 0.4) is 0 Å². The zero-order chi connectivity index (χ0) is 37.2. The predicted octanol–water partition coefficient (Wildman–Crippen LogP) is 9.49. The number of ether oxygens (including phenoxy) is 2. The molecular weight excluding hydrogens is 653 g/mol. The van der Waals surface area contributed by atoms with Crippen molar-refractivity contribution in [2.75, 3.05) is 47.5 Å². The second-order valence-electron chi connectivity index (χ2n) is 13.6. The van der Waals surface area contributed by atoms with Crippen molar-refractivity contribution in [2.24, 2.45) is 0 Å². The van der Waals surface area contributed by atoms with Gasteiger partial charge >= 0.3 is 11.9 Å². The van der Waals surface area contributed by atoms with Crippen LogP contribution in [0.4, 0.5) is 0 Å². The Morgan fingerprint density at radius 1 is 0.640 bits per heavy atom. The van der Waals surface area contributed by atoms with E-state index in [4.69, 9.17) is 18.5 Å². The molecule has 0 aromatic heterocycles. The molecule has 0 aromatic carbocycles. The van der Waals surface area contributed by atoms with Gasteiger partial charge in [0.25, 0.3) is 7.82 Å². The number of allylic oxidation sites excluding steroid dienone is 10. The lowest BCUT2D eigenvalue weighted by Crippen LogP contribution is -2.37. The molecule has 0 saturated carbocycles. The summed E-state index contributed by atoms with van der Waals surface area (Å²) in [5.41, 5.74) is 0. The number of nitrogens with zero attached hydrogens (tertiary/aromatic N) is 1. The van der Waals surface area contributed by atoms with Crippen molar-refractivity contribution >= 4 is 19.8 Å². The van der Waals surface area contributed by atoms with Crippen molar-refractivity contribution in [3.8, 4) is 0 Å². The molecule has 2 atom stereocenters. The van der Waals surface area contributed by atoms with E-state index in [2.05, 4.69) is 68.5 Å². The third-order valence-electron chi connectivity index (χ3n) is 7.55. The molecule has 10 heteroatoms. The number of phosphoric acid groups is 1. The van der Waals surface area contributed by atoms with E-state index < -0.39 is 32.5 Å². The maximum absolute atomic E-state index is 12.5. The molecule has 288 valence electrons. The van der Waals surface area contributed by atoms with Gasteiger partial charge in [0.2, 0.25) is 0 Å². The number of likely N-dealkylation sites (N-methyl/N-ethyl adjacent to an activating group) is 1. The smallest absolute Gasteiger partial charge is 0.306 e. The molecule has 0 heterocycles. The van der Waals surface area contributed by atoms with Crippen LogP contribution in [-0.4, -0.2) is 70.0 Å². The molecule has 0 spiro atoms. The zero-order valence-corrected chi connectivity index (χ0v) is 33.0. The summed E-state index contributed by atoms with van der Waals surface area (Å²) in [6.07, 6.45) is 36.9. The molecule has 0 radical (unpaired) electrons. The Labute approximate surface area is 305 Å². The summed E-state index contributed by atoms with van der Waals surface area (Å²) in [6, 6.07) is 0. The molecule has 0 amide bonds. The van der Waals surface area contributed by atoms with Crippen LogP contribution < -0.4 is 4.89 Å². The first kappa shape index (κ1) is 47.7. The summed E-state index contributed by atoms with van der Waals surface area (Å²) in [6.45, 7) is 3.99. The number of rotatable bonds is 33. The van der Waals surface area contributed by atoms with Crippen LogP contribution >= 0.6 is 7.82 Å². The summed E-state index contributed by atoms with van der Waals surface area (Å²) in [7, 11) is 1.12. The lowest BCUT2D eigenvalue weighted by molar-refractivity contribution is -0.870. The van der Waals surface area contributed by atoms with Crippen molar-refractivity contribution < 1.29 is 42.1 Å². The number of phosphoric ester groups is 1. The van der Waals surface area contributed by atoms with E-state index in [0.717, 1.165) is 57.8 Å². The van der Waals surface area contributed by atoms with Gasteiger partial charge in [-0.05, 0) is 51.4 Å². The van der Waals surface area contributed by atoms with Gasteiger partial charge in [0.1, 0.15) is 19.8 Å². The van der Waals surface area contributed by atoms with Gasteiger partial charge in [0, 0.05) is 12.8 Å². The first-order chi connectivity index (χ1) is 24.0. The number of unbranched alkanes of at least 4 members (excludes halogenated alkanes) is 9. The lowest BCUT2D eigenvalue weighted by Gasteiger charge is -2.28. The van der Waals surface area contributed by atoms with Gasteiger partial charge in [-0.15, -0.1) is 0 Å². The van der Waals surface area contributed by atoms with E-state index >= 15 is 0 Å². The highest BCUT2D eigenvalue weighted by atomic mass is 31.2. The van der Waals surface area contributed by atoms with Gasteiger partial charge in [0.15, 0.2) is 6.10 Å². The molecule has 0 rings (SSSR count). The molecule has 0 aromatic rings. The molecule has 0 fully saturated rings. The van der Waals surface area contributed by atoms with Gasteiger partial charge in [-0.2, -0.15) is 0 Å². The quantitative estimate of drug-likeness (QED) is 0.0217. The lowest BCUT2D eigenvalue weighted by atomic mass is 10.1. The fourth-order valence-corrected chi connectivity index (χ4v) is 5.30.